The van der Waals surface area contributed by atoms with Gasteiger partial charge < -0.3 is 0 Å². The lowest BCUT2D eigenvalue weighted by Crippen LogP contribution is -2.22. The van der Waals surface area contributed by atoms with E-state index < -0.39 is 21.7 Å². The molecule has 1 aromatic heterocycles. The molecule has 0 aliphatic heterocycles. The van der Waals surface area contributed by atoms with Crippen LogP contribution in [-0.4, -0.2) is 24.0 Å². The number of hydrogen-bond donors (Lipinski definition) is 2. The van der Waals surface area contributed by atoms with E-state index in [9.17, 15) is 17.6 Å². The first-order valence-electron chi connectivity index (χ1n) is 8.54. The zero-order chi connectivity index (χ0) is 20.4. The van der Waals surface area contributed by atoms with Crippen molar-refractivity contribution in [2.45, 2.75) is 4.90 Å². The van der Waals surface area contributed by atoms with Crippen molar-refractivity contribution in [3.8, 4) is 0 Å². The van der Waals surface area contributed by atoms with Crippen molar-refractivity contribution >= 4 is 32.7 Å². The molecule has 1 amide bonds. The molecular formula is C20H15FN4O3S. The van der Waals surface area contributed by atoms with E-state index in [0.29, 0.717) is 0 Å². The summed E-state index contributed by atoms with van der Waals surface area (Å²) >= 11 is 0. The minimum atomic E-state index is -3.87. The fourth-order valence-electron chi connectivity index (χ4n) is 2.74. The fourth-order valence-corrected chi connectivity index (χ4v) is 3.80. The molecule has 7 nitrogen and oxygen atoms in total. The molecule has 0 saturated heterocycles. The van der Waals surface area contributed by atoms with E-state index in [-0.39, 0.29) is 16.1 Å². The van der Waals surface area contributed by atoms with E-state index >= 15 is 0 Å². The Labute approximate surface area is 165 Å². The molecule has 0 aliphatic carbocycles. The van der Waals surface area contributed by atoms with E-state index in [2.05, 4.69) is 15.1 Å². The number of carbonyl (C=O) groups excluding carboxylic acids is 1. The third-order valence-corrected chi connectivity index (χ3v) is 5.60. The van der Waals surface area contributed by atoms with Crippen LogP contribution in [0.3, 0.4) is 0 Å². The summed E-state index contributed by atoms with van der Waals surface area (Å²) < 4.78 is 41.7. The lowest BCUT2D eigenvalue weighted by molar-refractivity contribution is 0.101. The van der Waals surface area contributed by atoms with Gasteiger partial charge in [0.15, 0.2) is 0 Å². The van der Waals surface area contributed by atoms with Crippen LogP contribution in [0.4, 0.5) is 10.1 Å². The minimum absolute atomic E-state index is 0.0218. The third kappa shape index (κ3) is 3.94. The van der Waals surface area contributed by atoms with Gasteiger partial charge >= 0.3 is 0 Å². The Morgan fingerprint density at radius 2 is 1.62 bits per heavy atom. The summed E-state index contributed by atoms with van der Waals surface area (Å²) in [6.07, 6.45) is 1.49. The Morgan fingerprint density at radius 1 is 0.931 bits per heavy atom. The minimum Gasteiger partial charge on any atom is -0.280 e. The molecule has 9 heteroatoms. The molecule has 146 valence electrons. The van der Waals surface area contributed by atoms with Crippen molar-refractivity contribution in [1.29, 1.82) is 0 Å². The second-order valence-corrected chi connectivity index (χ2v) is 7.86. The van der Waals surface area contributed by atoms with E-state index in [1.54, 1.807) is 0 Å². The van der Waals surface area contributed by atoms with Crippen LogP contribution in [-0.2, 0) is 10.0 Å². The molecule has 0 bridgehead atoms. The van der Waals surface area contributed by atoms with Gasteiger partial charge in [0.1, 0.15) is 12.1 Å². The number of nitrogens with one attached hydrogen (secondary N) is 2. The average Bonchev–Trinajstić information content (AvgIpc) is 3.13. The average molecular weight is 410 g/mol. The number of benzene rings is 3. The molecule has 0 fully saturated rings. The fraction of sp³-hybridized carbons (Fsp3) is 0. The number of nitrogens with zero attached hydrogens (tertiary/aromatic N) is 2. The first-order chi connectivity index (χ1) is 13.9. The van der Waals surface area contributed by atoms with Crippen LogP contribution in [0.15, 0.2) is 84.0 Å². The predicted molar refractivity (Wildman–Crippen MR) is 107 cm³/mol. The summed E-state index contributed by atoms with van der Waals surface area (Å²) in [5.74, 6) is -0.877. The normalized spacial score (nSPS) is 11.3. The Morgan fingerprint density at radius 3 is 2.34 bits per heavy atom. The number of anilines is 1. The van der Waals surface area contributed by atoms with Crippen molar-refractivity contribution in [2.75, 3.05) is 10.1 Å². The number of sulfonamides is 1. The quantitative estimate of drug-likeness (QED) is 0.528. The molecule has 3 aromatic carbocycles. The van der Waals surface area contributed by atoms with Gasteiger partial charge in [0, 0.05) is 11.3 Å². The van der Waals surface area contributed by atoms with Crippen molar-refractivity contribution in [2.24, 2.45) is 0 Å². The molecule has 0 spiro atoms. The largest absolute Gasteiger partial charge is 0.280 e. The van der Waals surface area contributed by atoms with Crippen LogP contribution in [0.2, 0.25) is 0 Å². The first-order valence-corrected chi connectivity index (χ1v) is 10.0. The van der Waals surface area contributed by atoms with E-state index in [4.69, 9.17) is 0 Å². The molecule has 0 aliphatic rings. The van der Waals surface area contributed by atoms with E-state index in [1.807, 2.05) is 24.3 Å². The third-order valence-electron chi connectivity index (χ3n) is 4.20. The summed E-state index contributed by atoms with van der Waals surface area (Å²) in [5.41, 5.74) is 4.69. The molecule has 29 heavy (non-hydrogen) atoms. The Balaban J connectivity index is 1.50. The molecule has 0 saturated carbocycles. The van der Waals surface area contributed by atoms with Crippen LogP contribution >= 0.6 is 0 Å². The standard InChI is InChI=1S/C20H15FN4O3S/c21-15-7-9-16(10-8-15)24-29(27,28)17-11-5-14(6-12-17)20(26)23-25-13-22-18-3-1-2-4-19(18)25/h1-13,24H,(H,23,26). The number of halogens is 1. The number of carbonyl (C=O) groups is 1. The second kappa shape index (κ2) is 7.36. The smallest absolute Gasteiger partial charge is 0.270 e. The topological polar surface area (TPSA) is 93.1 Å². The Kier molecular flexibility index (Phi) is 4.73. The van der Waals surface area contributed by atoms with Gasteiger partial charge in [-0.3, -0.25) is 14.9 Å². The summed E-state index contributed by atoms with van der Waals surface area (Å²) in [6.45, 7) is 0. The zero-order valence-corrected chi connectivity index (χ0v) is 15.7. The van der Waals surface area contributed by atoms with Crippen molar-refractivity contribution in [1.82, 2.24) is 9.66 Å². The molecule has 4 rings (SSSR count). The maximum atomic E-state index is 13.0. The number of fused-ring (bicyclic) bond motifs is 1. The van der Waals surface area contributed by atoms with Crippen LogP contribution < -0.4 is 10.1 Å². The van der Waals surface area contributed by atoms with Crippen molar-refractivity contribution in [3.05, 3.63) is 90.5 Å². The van der Waals surface area contributed by atoms with Gasteiger partial charge in [0.2, 0.25) is 0 Å². The number of imidazole rings is 1. The van der Waals surface area contributed by atoms with Crippen molar-refractivity contribution < 1.29 is 17.6 Å². The highest BCUT2D eigenvalue weighted by Gasteiger charge is 2.16. The summed E-state index contributed by atoms with van der Waals surface area (Å²) in [6, 6.07) is 17.8. The highest BCUT2D eigenvalue weighted by molar-refractivity contribution is 7.92. The SMILES string of the molecule is O=C(Nn1cnc2ccccc21)c1ccc(S(=O)(=O)Nc2ccc(F)cc2)cc1. The Hall–Kier alpha value is -3.72. The van der Waals surface area contributed by atoms with Gasteiger partial charge in [-0.15, -0.1) is 0 Å². The number of amides is 1. The maximum absolute atomic E-state index is 13.0. The van der Waals surface area contributed by atoms with Crippen LogP contribution in [0.5, 0.6) is 0 Å². The molecule has 1 heterocycles. The van der Waals surface area contributed by atoms with Crippen LogP contribution in [0.1, 0.15) is 10.4 Å². The molecule has 0 atom stereocenters. The van der Waals surface area contributed by atoms with Gasteiger partial charge in [0.25, 0.3) is 15.9 Å². The predicted octanol–water partition coefficient (Wildman–Crippen LogP) is 3.36. The molecule has 0 radical (unpaired) electrons. The molecule has 2 N–H and O–H groups in total. The van der Waals surface area contributed by atoms with Gasteiger partial charge in [-0.1, -0.05) is 12.1 Å². The molecular weight excluding hydrogens is 395 g/mol. The van der Waals surface area contributed by atoms with Gasteiger partial charge in [-0.25, -0.2) is 22.5 Å². The van der Waals surface area contributed by atoms with E-state index in [1.165, 1.54) is 47.4 Å². The van der Waals surface area contributed by atoms with Gasteiger partial charge in [-0.2, -0.15) is 0 Å². The van der Waals surface area contributed by atoms with Gasteiger partial charge in [-0.05, 0) is 60.7 Å². The number of rotatable bonds is 5. The highest BCUT2D eigenvalue weighted by atomic mass is 32.2. The second-order valence-electron chi connectivity index (χ2n) is 6.18. The number of hydrogen-bond acceptors (Lipinski definition) is 4. The van der Waals surface area contributed by atoms with Gasteiger partial charge in [0.05, 0.1) is 15.9 Å². The summed E-state index contributed by atoms with van der Waals surface area (Å²) in [5, 5.41) is 0. The Bertz CT molecular complexity index is 1280. The lowest BCUT2D eigenvalue weighted by Gasteiger charge is -2.10. The maximum Gasteiger partial charge on any atom is 0.270 e. The summed E-state index contributed by atoms with van der Waals surface area (Å²) in [4.78, 5) is 16.7. The van der Waals surface area contributed by atoms with E-state index in [0.717, 1.165) is 23.2 Å². The first kappa shape index (κ1) is 18.6. The summed E-state index contributed by atoms with van der Waals surface area (Å²) in [7, 11) is -3.87. The van der Waals surface area contributed by atoms with Crippen LogP contribution in [0, 0.1) is 5.82 Å². The molecule has 0 unspecified atom stereocenters. The number of aromatic nitrogens is 2. The monoisotopic (exact) mass is 410 g/mol. The highest BCUT2D eigenvalue weighted by Crippen LogP contribution is 2.17. The zero-order valence-electron chi connectivity index (χ0n) is 14.9. The van der Waals surface area contributed by atoms with Crippen LogP contribution in [0.25, 0.3) is 11.0 Å². The lowest BCUT2D eigenvalue weighted by atomic mass is 10.2. The number of para-hydroxylation sites is 2. The van der Waals surface area contributed by atoms with Crippen molar-refractivity contribution in [3.63, 3.8) is 0 Å². The molecule has 4 aromatic rings.